The second kappa shape index (κ2) is 11.0. The van der Waals surface area contributed by atoms with Crippen molar-refractivity contribution in [3.8, 4) is 23.1 Å². The Hall–Kier alpha value is -4.44. The highest BCUT2D eigenvalue weighted by Crippen LogP contribution is 2.34. The standard InChI is InChI=1S/C32H24IN3O4/c1-20-8-7-9-21(14-20)19-39-30-25(33)15-22(16-28(30)38-2)18-34-36-31(29-17-23-10-3-6-13-27(23)40-29)35-26-12-5-4-11-24(26)32(36)37/h3-18H,19H2,1-2H3. The lowest BCUT2D eigenvalue weighted by Gasteiger charge is -2.14. The molecule has 40 heavy (non-hydrogen) atoms. The van der Waals surface area contributed by atoms with Gasteiger partial charge >= 0.3 is 0 Å². The monoisotopic (exact) mass is 641 g/mol. The Morgan fingerprint density at radius 1 is 1.00 bits per heavy atom. The van der Waals surface area contributed by atoms with E-state index in [1.165, 1.54) is 10.2 Å². The normalized spacial score (nSPS) is 11.5. The predicted octanol–water partition coefficient (Wildman–Crippen LogP) is 7.19. The highest BCUT2D eigenvalue weighted by Gasteiger charge is 2.17. The number of nitrogens with zero attached hydrogens (tertiary/aromatic N) is 3. The van der Waals surface area contributed by atoms with Gasteiger partial charge in [-0.15, -0.1) is 0 Å². The zero-order valence-corrected chi connectivity index (χ0v) is 24.0. The number of hydrogen-bond donors (Lipinski definition) is 0. The topological polar surface area (TPSA) is 78.9 Å². The number of aromatic nitrogens is 2. The first-order valence-electron chi connectivity index (χ1n) is 12.6. The van der Waals surface area contributed by atoms with Crippen LogP contribution in [0, 0.1) is 10.5 Å². The molecule has 0 radical (unpaired) electrons. The van der Waals surface area contributed by atoms with Gasteiger partial charge < -0.3 is 13.9 Å². The molecule has 0 bridgehead atoms. The molecule has 8 heteroatoms. The van der Waals surface area contributed by atoms with Crippen molar-refractivity contribution < 1.29 is 13.9 Å². The Morgan fingerprint density at radius 3 is 2.65 bits per heavy atom. The van der Waals surface area contributed by atoms with E-state index in [0.717, 1.165) is 20.1 Å². The molecule has 0 saturated carbocycles. The highest BCUT2D eigenvalue weighted by atomic mass is 127. The molecule has 0 fully saturated rings. The van der Waals surface area contributed by atoms with Gasteiger partial charge in [0.1, 0.15) is 12.2 Å². The number of benzene rings is 4. The third-order valence-corrected chi connectivity index (χ3v) is 7.24. The van der Waals surface area contributed by atoms with Crippen LogP contribution in [0.1, 0.15) is 16.7 Å². The molecule has 0 atom stereocenters. The van der Waals surface area contributed by atoms with Crippen LogP contribution in [0.4, 0.5) is 0 Å². The number of halogens is 1. The van der Waals surface area contributed by atoms with Crippen LogP contribution in [-0.2, 0) is 6.61 Å². The van der Waals surface area contributed by atoms with Gasteiger partial charge in [-0.25, -0.2) is 4.98 Å². The lowest BCUT2D eigenvalue weighted by molar-refractivity contribution is 0.282. The Bertz CT molecular complexity index is 1930. The lowest BCUT2D eigenvalue weighted by atomic mass is 10.1. The van der Waals surface area contributed by atoms with Crippen molar-refractivity contribution in [2.45, 2.75) is 13.5 Å². The molecule has 0 aliphatic carbocycles. The molecule has 0 amide bonds. The molecule has 0 spiro atoms. The fourth-order valence-electron chi connectivity index (χ4n) is 4.52. The van der Waals surface area contributed by atoms with Crippen molar-refractivity contribution in [2.75, 3.05) is 7.11 Å². The first-order valence-corrected chi connectivity index (χ1v) is 13.7. The van der Waals surface area contributed by atoms with E-state index < -0.39 is 0 Å². The third-order valence-electron chi connectivity index (χ3n) is 6.44. The van der Waals surface area contributed by atoms with E-state index >= 15 is 0 Å². The van der Waals surface area contributed by atoms with Crippen LogP contribution < -0.4 is 15.0 Å². The smallest absolute Gasteiger partial charge is 0.282 e. The van der Waals surface area contributed by atoms with Crippen molar-refractivity contribution in [3.05, 3.63) is 122 Å². The molecular weight excluding hydrogens is 617 g/mol. The Morgan fingerprint density at radius 2 is 1.82 bits per heavy atom. The van der Waals surface area contributed by atoms with Gasteiger partial charge in [-0.3, -0.25) is 4.79 Å². The van der Waals surface area contributed by atoms with E-state index in [9.17, 15) is 4.79 Å². The van der Waals surface area contributed by atoms with Crippen LogP contribution in [-0.4, -0.2) is 23.0 Å². The number of rotatable bonds is 7. The molecule has 4 aromatic carbocycles. The molecule has 198 valence electrons. The number of hydrogen-bond acceptors (Lipinski definition) is 6. The predicted molar refractivity (Wildman–Crippen MR) is 165 cm³/mol. The van der Waals surface area contributed by atoms with Crippen LogP contribution in [0.25, 0.3) is 33.5 Å². The van der Waals surface area contributed by atoms with Gasteiger partial charge in [0.2, 0.25) is 5.82 Å². The van der Waals surface area contributed by atoms with Crippen molar-refractivity contribution in [1.29, 1.82) is 0 Å². The molecule has 0 unspecified atom stereocenters. The number of fused-ring (bicyclic) bond motifs is 2. The number of aryl methyl sites for hydroxylation is 1. The van der Waals surface area contributed by atoms with Gasteiger partial charge in [0, 0.05) is 5.39 Å². The average Bonchev–Trinajstić information content (AvgIpc) is 3.40. The number of furan rings is 1. The van der Waals surface area contributed by atoms with Gasteiger partial charge in [0.25, 0.3) is 5.56 Å². The number of ether oxygens (including phenoxy) is 2. The maximum absolute atomic E-state index is 13.6. The molecule has 7 nitrogen and oxygen atoms in total. The summed E-state index contributed by atoms with van der Waals surface area (Å²) in [5.74, 6) is 1.99. The molecular formula is C32H24IN3O4. The van der Waals surface area contributed by atoms with E-state index in [-0.39, 0.29) is 5.56 Å². The summed E-state index contributed by atoms with van der Waals surface area (Å²) in [6, 6.07) is 28.7. The molecule has 0 saturated heterocycles. The van der Waals surface area contributed by atoms with Gasteiger partial charge in [-0.1, -0.05) is 60.2 Å². The molecule has 2 heterocycles. The summed E-state index contributed by atoms with van der Waals surface area (Å²) >= 11 is 2.22. The zero-order valence-electron chi connectivity index (χ0n) is 21.8. The lowest BCUT2D eigenvalue weighted by Crippen LogP contribution is -2.20. The van der Waals surface area contributed by atoms with Gasteiger partial charge in [0.15, 0.2) is 17.3 Å². The van der Waals surface area contributed by atoms with Gasteiger partial charge in [-0.05, 0) is 77.0 Å². The summed E-state index contributed by atoms with van der Waals surface area (Å²) in [6.45, 7) is 2.47. The van der Waals surface area contributed by atoms with Crippen molar-refractivity contribution in [3.63, 3.8) is 0 Å². The quantitative estimate of drug-likeness (QED) is 0.136. The summed E-state index contributed by atoms with van der Waals surface area (Å²) in [5.41, 5.74) is 3.97. The summed E-state index contributed by atoms with van der Waals surface area (Å²) in [4.78, 5) is 18.3. The molecule has 0 N–H and O–H groups in total. The van der Waals surface area contributed by atoms with Crippen LogP contribution in [0.15, 0.2) is 105 Å². The zero-order chi connectivity index (χ0) is 27.6. The van der Waals surface area contributed by atoms with E-state index in [1.807, 2.05) is 66.7 Å². The second-order valence-electron chi connectivity index (χ2n) is 9.27. The minimum Gasteiger partial charge on any atom is -0.493 e. The minimum absolute atomic E-state index is 0.294. The molecule has 6 rings (SSSR count). The Kier molecular flexibility index (Phi) is 7.08. The average molecular weight is 641 g/mol. The molecule has 6 aromatic rings. The second-order valence-corrected chi connectivity index (χ2v) is 10.4. The largest absolute Gasteiger partial charge is 0.493 e. The van der Waals surface area contributed by atoms with Crippen LogP contribution >= 0.6 is 22.6 Å². The highest BCUT2D eigenvalue weighted by molar-refractivity contribution is 14.1. The summed E-state index contributed by atoms with van der Waals surface area (Å²) in [7, 11) is 1.60. The summed E-state index contributed by atoms with van der Waals surface area (Å²) < 4.78 is 20.0. The fraction of sp³-hybridized carbons (Fsp3) is 0.0938. The third kappa shape index (κ3) is 5.10. The Labute approximate surface area is 243 Å². The van der Waals surface area contributed by atoms with E-state index in [0.29, 0.717) is 46.2 Å². The summed E-state index contributed by atoms with van der Waals surface area (Å²) in [5, 5.41) is 5.96. The first kappa shape index (κ1) is 25.8. The SMILES string of the molecule is COc1cc(C=Nn2c(-c3cc4ccccc4o3)nc3ccccc3c2=O)cc(I)c1OCc1cccc(C)c1. The van der Waals surface area contributed by atoms with Crippen molar-refractivity contribution in [2.24, 2.45) is 5.10 Å². The number of para-hydroxylation sites is 2. The minimum atomic E-state index is -0.294. The molecule has 0 aliphatic heterocycles. The van der Waals surface area contributed by atoms with E-state index in [1.54, 1.807) is 25.5 Å². The van der Waals surface area contributed by atoms with Crippen molar-refractivity contribution >= 4 is 50.7 Å². The van der Waals surface area contributed by atoms with Gasteiger partial charge in [0.05, 0.1) is 27.8 Å². The van der Waals surface area contributed by atoms with E-state index in [4.69, 9.17) is 18.9 Å². The molecule has 0 aliphatic rings. The maximum Gasteiger partial charge on any atom is 0.282 e. The van der Waals surface area contributed by atoms with E-state index in [2.05, 4.69) is 46.7 Å². The molecule has 2 aromatic heterocycles. The van der Waals surface area contributed by atoms with Crippen LogP contribution in [0.3, 0.4) is 0 Å². The number of methoxy groups -OCH3 is 1. The summed E-state index contributed by atoms with van der Waals surface area (Å²) in [6.07, 6.45) is 1.61. The maximum atomic E-state index is 13.6. The van der Waals surface area contributed by atoms with Crippen LogP contribution in [0.5, 0.6) is 11.5 Å². The first-order chi connectivity index (χ1) is 19.5. The van der Waals surface area contributed by atoms with Crippen LogP contribution in [0.2, 0.25) is 0 Å². The Balaban J connectivity index is 1.39. The van der Waals surface area contributed by atoms with Gasteiger partial charge in [-0.2, -0.15) is 9.78 Å². The fourth-order valence-corrected chi connectivity index (χ4v) is 5.30. The van der Waals surface area contributed by atoms with Crippen molar-refractivity contribution in [1.82, 2.24) is 9.66 Å².